The van der Waals surface area contributed by atoms with Gasteiger partial charge in [0.1, 0.15) is 0 Å². The van der Waals surface area contributed by atoms with Crippen LogP contribution in [0.4, 0.5) is 0 Å². The Morgan fingerprint density at radius 2 is 1.19 bits per heavy atom. The second kappa shape index (κ2) is 3.30. The van der Waals surface area contributed by atoms with E-state index in [2.05, 4.69) is 62.5 Å². The first-order valence-corrected chi connectivity index (χ1v) is 7.45. The van der Waals surface area contributed by atoms with Gasteiger partial charge in [-0.1, -0.05) is 62.5 Å². The van der Waals surface area contributed by atoms with Crippen molar-refractivity contribution in [2.75, 3.05) is 0 Å². The summed E-state index contributed by atoms with van der Waals surface area (Å²) in [6, 6.07) is 0. The maximum Gasteiger partial charge on any atom is 0.0984 e. The summed E-state index contributed by atoms with van der Waals surface area (Å²) < 4.78 is 5.58. The van der Waals surface area contributed by atoms with Crippen molar-refractivity contribution in [3.05, 3.63) is 83.4 Å². The summed E-state index contributed by atoms with van der Waals surface area (Å²) >= 11 is 0. The van der Waals surface area contributed by atoms with Crippen molar-refractivity contribution in [3.63, 3.8) is 0 Å². The molecule has 0 aromatic carbocycles. The van der Waals surface area contributed by atoms with E-state index in [0.717, 1.165) is 0 Å². The van der Waals surface area contributed by atoms with Crippen molar-refractivity contribution in [3.8, 4) is 0 Å². The molecule has 1 aromatic rings. The van der Waals surface area contributed by atoms with Crippen molar-refractivity contribution in [1.29, 1.82) is 0 Å². The summed E-state index contributed by atoms with van der Waals surface area (Å²) in [5, 5.41) is 0. The number of allylic oxidation sites excluding steroid dienone is 12. The summed E-state index contributed by atoms with van der Waals surface area (Å²) in [5.41, 5.74) is 7.96. The fourth-order valence-electron chi connectivity index (χ4n) is 4.65. The molecule has 0 unspecified atom stereocenters. The van der Waals surface area contributed by atoms with Gasteiger partial charge >= 0.3 is 0 Å². The lowest BCUT2D eigenvalue weighted by atomic mass is 9.45. The van der Waals surface area contributed by atoms with Crippen LogP contribution in [0, 0.1) is 10.8 Å². The minimum absolute atomic E-state index is 0.0285. The molecule has 0 saturated heterocycles. The first-order chi connectivity index (χ1) is 10.2. The number of fused-ring (bicyclic) bond motifs is 3. The molecule has 4 aliphatic rings. The van der Waals surface area contributed by atoms with Crippen LogP contribution in [0.15, 0.2) is 76.7 Å². The number of furan rings is 1. The molecule has 2 atom stereocenters. The lowest BCUT2D eigenvalue weighted by Crippen LogP contribution is -2.47. The van der Waals surface area contributed by atoms with Crippen molar-refractivity contribution in [2.45, 2.75) is 13.8 Å². The van der Waals surface area contributed by atoms with E-state index < -0.39 is 0 Å². The lowest BCUT2D eigenvalue weighted by molar-refractivity contribution is 0.303. The zero-order valence-electron chi connectivity index (χ0n) is 12.2. The van der Waals surface area contributed by atoms with Crippen LogP contribution in [0.5, 0.6) is 0 Å². The van der Waals surface area contributed by atoms with Crippen molar-refractivity contribution < 1.29 is 4.42 Å². The van der Waals surface area contributed by atoms with Gasteiger partial charge in [0.2, 0.25) is 0 Å². The molecule has 102 valence electrons. The third-order valence-corrected chi connectivity index (χ3v) is 5.99. The van der Waals surface area contributed by atoms with Crippen LogP contribution in [0.1, 0.15) is 25.0 Å². The highest BCUT2D eigenvalue weighted by atomic mass is 16.3. The minimum Gasteiger partial charge on any atom is -0.471 e. The quantitative estimate of drug-likeness (QED) is 0.642. The van der Waals surface area contributed by atoms with Crippen molar-refractivity contribution >= 4 is 11.1 Å². The Hall–Kier alpha value is -2.28. The molecule has 1 heteroatoms. The first kappa shape index (κ1) is 11.4. The molecule has 0 aliphatic heterocycles. The van der Waals surface area contributed by atoms with E-state index >= 15 is 0 Å². The van der Waals surface area contributed by atoms with Crippen LogP contribution in [-0.4, -0.2) is 0 Å². The van der Waals surface area contributed by atoms with E-state index in [9.17, 15) is 0 Å². The van der Waals surface area contributed by atoms with Crippen LogP contribution in [0.3, 0.4) is 0 Å². The summed E-state index contributed by atoms with van der Waals surface area (Å²) in [7, 11) is 0. The van der Waals surface area contributed by atoms with Gasteiger partial charge in [-0.25, -0.2) is 0 Å². The van der Waals surface area contributed by atoms with E-state index in [1.807, 2.05) is 12.5 Å². The molecule has 0 bridgehead atoms. The standard InChI is InChI=1S/C20H16O/c1-19-13-5-3-7-17(19)15-11-21-12-16(15)18-8-4-6-14(10-9-13)20(18,19)2/h3-12H,1-2H3/t19-,20-/m1/s1. The van der Waals surface area contributed by atoms with Crippen molar-refractivity contribution in [2.24, 2.45) is 10.8 Å². The largest absolute Gasteiger partial charge is 0.471 e. The molecule has 4 aliphatic carbocycles. The van der Waals surface area contributed by atoms with Crippen LogP contribution >= 0.6 is 0 Å². The second-order valence-electron chi connectivity index (χ2n) is 6.57. The molecule has 0 N–H and O–H groups in total. The minimum atomic E-state index is -0.0285. The van der Waals surface area contributed by atoms with E-state index in [1.165, 1.54) is 33.4 Å². The number of hydrogen-bond donors (Lipinski definition) is 0. The Bertz CT molecular complexity index is 795. The maximum atomic E-state index is 5.58. The fraction of sp³-hybridized carbons (Fsp3) is 0.200. The molecule has 21 heavy (non-hydrogen) atoms. The zero-order chi connectivity index (χ0) is 14.2. The lowest BCUT2D eigenvalue weighted by Gasteiger charge is -2.57. The highest BCUT2D eigenvalue weighted by Gasteiger charge is 2.58. The summed E-state index contributed by atoms with van der Waals surface area (Å²) in [6.07, 6.45) is 21.7. The van der Waals surface area contributed by atoms with Gasteiger partial charge in [-0.15, -0.1) is 0 Å². The van der Waals surface area contributed by atoms with Gasteiger partial charge in [0, 0.05) is 22.0 Å². The third-order valence-electron chi connectivity index (χ3n) is 5.99. The Morgan fingerprint density at radius 1 is 0.714 bits per heavy atom. The van der Waals surface area contributed by atoms with Crippen molar-refractivity contribution in [1.82, 2.24) is 0 Å². The van der Waals surface area contributed by atoms with Gasteiger partial charge in [0.15, 0.2) is 0 Å². The Kier molecular flexibility index (Phi) is 1.79. The normalized spacial score (nSPS) is 34.4. The van der Waals surface area contributed by atoms with Gasteiger partial charge in [-0.3, -0.25) is 0 Å². The van der Waals surface area contributed by atoms with Gasteiger partial charge in [0.05, 0.1) is 12.5 Å². The van der Waals surface area contributed by atoms with E-state index in [1.54, 1.807) is 0 Å². The van der Waals surface area contributed by atoms with Gasteiger partial charge in [-0.2, -0.15) is 0 Å². The molecule has 1 nitrogen and oxygen atoms in total. The Balaban J connectivity index is 2.01. The predicted octanol–water partition coefficient (Wildman–Crippen LogP) is 5.08. The molecule has 0 saturated carbocycles. The summed E-state index contributed by atoms with van der Waals surface area (Å²) in [4.78, 5) is 0. The van der Waals surface area contributed by atoms with Gasteiger partial charge < -0.3 is 4.42 Å². The molecule has 0 spiro atoms. The average molecular weight is 272 g/mol. The van der Waals surface area contributed by atoms with Crippen LogP contribution in [-0.2, 0) is 0 Å². The highest BCUT2D eigenvalue weighted by molar-refractivity contribution is 5.97. The first-order valence-electron chi connectivity index (χ1n) is 7.45. The highest BCUT2D eigenvalue weighted by Crippen LogP contribution is 2.69. The fourth-order valence-corrected chi connectivity index (χ4v) is 4.65. The molecule has 0 amide bonds. The molecule has 1 heterocycles. The summed E-state index contributed by atoms with van der Waals surface area (Å²) in [5.74, 6) is 0. The molecule has 0 radical (unpaired) electrons. The van der Waals surface area contributed by atoms with E-state index in [4.69, 9.17) is 4.42 Å². The Labute approximate surface area is 124 Å². The average Bonchev–Trinajstić information content (AvgIpc) is 2.95. The van der Waals surface area contributed by atoms with Gasteiger partial charge in [-0.05, 0) is 22.3 Å². The zero-order valence-corrected chi connectivity index (χ0v) is 12.2. The number of rotatable bonds is 0. The monoisotopic (exact) mass is 272 g/mol. The Morgan fingerprint density at radius 3 is 1.67 bits per heavy atom. The predicted molar refractivity (Wildman–Crippen MR) is 85.3 cm³/mol. The topological polar surface area (TPSA) is 13.1 Å². The molecule has 1 aromatic heterocycles. The third kappa shape index (κ3) is 1.01. The van der Waals surface area contributed by atoms with Gasteiger partial charge in [0.25, 0.3) is 0 Å². The molecule has 5 rings (SSSR count). The maximum absolute atomic E-state index is 5.58. The summed E-state index contributed by atoms with van der Waals surface area (Å²) in [6.45, 7) is 4.76. The van der Waals surface area contributed by atoms with Crippen LogP contribution < -0.4 is 0 Å². The van der Waals surface area contributed by atoms with E-state index in [-0.39, 0.29) is 10.8 Å². The van der Waals surface area contributed by atoms with Crippen LogP contribution in [0.2, 0.25) is 0 Å². The molecular weight excluding hydrogens is 256 g/mol. The smallest absolute Gasteiger partial charge is 0.0984 e. The molecule has 0 fully saturated rings. The van der Waals surface area contributed by atoms with E-state index in [0.29, 0.717) is 0 Å². The number of hydrogen-bond acceptors (Lipinski definition) is 1. The van der Waals surface area contributed by atoms with Crippen LogP contribution in [0.25, 0.3) is 11.1 Å². The second-order valence-corrected chi connectivity index (χ2v) is 6.57. The SMILES string of the molecule is C[C@@]12C3=CC=C4C=CC=C(c5cocc5C1=CC=C3)[C@@]42C. The molecular formula is C20H16O.